The van der Waals surface area contributed by atoms with Crippen molar-refractivity contribution in [2.24, 2.45) is 0 Å². The third-order valence-corrected chi connectivity index (χ3v) is 3.83. The summed E-state index contributed by atoms with van der Waals surface area (Å²) in [7, 11) is 2.02. The molecule has 1 saturated heterocycles. The number of carboxylic acid groups (broad SMARTS) is 1. The fourth-order valence-electron chi connectivity index (χ4n) is 2.38. The van der Waals surface area contributed by atoms with Gasteiger partial charge in [0.2, 0.25) is 0 Å². The van der Waals surface area contributed by atoms with Crippen molar-refractivity contribution in [3.8, 4) is 0 Å². The van der Waals surface area contributed by atoms with E-state index in [0.717, 1.165) is 23.6 Å². The molecule has 1 N–H and O–H groups in total. The van der Waals surface area contributed by atoms with Crippen LogP contribution in [-0.2, 0) is 0 Å². The van der Waals surface area contributed by atoms with Gasteiger partial charge in [0, 0.05) is 26.2 Å². The molecule has 18 heavy (non-hydrogen) atoms. The first-order valence-corrected chi connectivity index (χ1v) is 6.42. The molecule has 0 saturated carbocycles. The van der Waals surface area contributed by atoms with Gasteiger partial charge in [-0.05, 0) is 25.0 Å². The summed E-state index contributed by atoms with van der Waals surface area (Å²) in [4.78, 5) is 14.5. The van der Waals surface area contributed by atoms with Crippen molar-refractivity contribution in [2.75, 3.05) is 25.0 Å². The zero-order valence-electron chi connectivity index (χ0n) is 10.3. The highest BCUT2D eigenvalue weighted by Crippen LogP contribution is 2.28. The van der Waals surface area contributed by atoms with E-state index in [9.17, 15) is 4.79 Å². The minimum Gasteiger partial charge on any atom is -0.465 e. The predicted octanol–water partition coefficient (Wildman–Crippen LogP) is 2.92. The molecule has 1 aromatic carbocycles. The Hall–Kier alpha value is -1.42. The van der Waals surface area contributed by atoms with E-state index in [1.54, 1.807) is 0 Å². The highest BCUT2D eigenvalue weighted by Gasteiger charge is 2.25. The van der Waals surface area contributed by atoms with Crippen molar-refractivity contribution in [2.45, 2.75) is 18.9 Å². The van der Waals surface area contributed by atoms with E-state index in [0.29, 0.717) is 19.1 Å². The van der Waals surface area contributed by atoms with Gasteiger partial charge < -0.3 is 14.9 Å². The number of rotatable bonds is 2. The lowest BCUT2D eigenvalue weighted by Gasteiger charge is -2.37. The standard InChI is InChI=1S/C13H17ClN2O2/c1-15(12-5-3-2-4-11(12)14)10-6-8-16(9-7-10)13(17)18/h2-5,10H,6-9H2,1H3,(H,17,18). The molecular weight excluding hydrogens is 252 g/mol. The number of hydrogen-bond acceptors (Lipinski definition) is 2. The number of likely N-dealkylation sites (tertiary alicyclic amines) is 1. The molecule has 4 nitrogen and oxygen atoms in total. The number of anilines is 1. The molecule has 0 aliphatic carbocycles. The quantitative estimate of drug-likeness (QED) is 0.897. The molecular formula is C13H17ClN2O2. The number of halogens is 1. The molecule has 1 aliphatic heterocycles. The number of nitrogens with zero attached hydrogens (tertiary/aromatic N) is 2. The molecule has 0 spiro atoms. The second kappa shape index (κ2) is 5.48. The largest absolute Gasteiger partial charge is 0.465 e. The second-order valence-corrected chi connectivity index (χ2v) is 4.97. The fourth-order valence-corrected chi connectivity index (χ4v) is 2.65. The van der Waals surface area contributed by atoms with Crippen LogP contribution in [0.25, 0.3) is 0 Å². The summed E-state index contributed by atoms with van der Waals surface area (Å²) in [5.74, 6) is 0. The Balaban J connectivity index is 2.02. The van der Waals surface area contributed by atoms with Crippen molar-refractivity contribution in [3.63, 3.8) is 0 Å². The topological polar surface area (TPSA) is 43.8 Å². The van der Waals surface area contributed by atoms with Crippen LogP contribution in [0.4, 0.5) is 10.5 Å². The van der Waals surface area contributed by atoms with Gasteiger partial charge in [0.05, 0.1) is 10.7 Å². The Bertz CT molecular complexity index is 431. The summed E-state index contributed by atoms with van der Waals surface area (Å²) in [6, 6.07) is 8.09. The van der Waals surface area contributed by atoms with Crippen molar-refractivity contribution in [1.29, 1.82) is 0 Å². The van der Waals surface area contributed by atoms with Gasteiger partial charge >= 0.3 is 6.09 Å². The van der Waals surface area contributed by atoms with E-state index in [2.05, 4.69) is 4.90 Å². The Kier molecular flexibility index (Phi) is 3.97. The molecule has 1 fully saturated rings. The van der Waals surface area contributed by atoms with Crippen molar-refractivity contribution in [3.05, 3.63) is 29.3 Å². The first kappa shape index (κ1) is 13.0. The second-order valence-electron chi connectivity index (χ2n) is 4.56. The average Bonchev–Trinajstić information content (AvgIpc) is 2.38. The van der Waals surface area contributed by atoms with Gasteiger partial charge in [-0.2, -0.15) is 0 Å². The number of hydrogen-bond donors (Lipinski definition) is 1. The van der Waals surface area contributed by atoms with Crippen LogP contribution in [0.5, 0.6) is 0 Å². The Labute approximate surface area is 112 Å². The SMILES string of the molecule is CN(c1ccccc1Cl)C1CCN(C(=O)O)CC1. The van der Waals surface area contributed by atoms with E-state index in [4.69, 9.17) is 16.7 Å². The third kappa shape index (κ3) is 2.70. The van der Waals surface area contributed by atoms with Gasteiger partial charge in [0.15, 0.2) is 0 Å². The summed E-state index contributed by atoms with van der Waals surface area (Å²) in [6.07, 6.45) is 0.857. The van der Waals surface area contributed by atoms with Crippen LogP contribution in [0.15, 0.2) is 24.3 Å². The number of piperidine rings is 1. The van der Waals surface area contributed by atoms with Crippen LogP contribution >= 0.6 is 11.6 Å². The lowest BCUT2D eigenvalue weighted by Crippen LogP contribution is -2.45. The normalized spacial score (nSPS) is 16.7. The Morgan fingerprint density at radius 3 is 2.56 bits per heavy atom. The number of amides is 1. The van der Waals surface area contributed by atoms with Crippen LogP contribution in [0.1, 0.15) is 12.8 Å². The summed E-state index contributed by atoms with van der Waals surface area (Å²) in [6.45, 7) is 1.18. The number of benzene rings is 1. The molecule has 1 amide bonds. The maximum atomic E-state index is 10.8. The van der Waals surface area contributed by atoms with Gasteiger partial charge in [-0.3, -0.25) is 0 Å². The van der Waals surface area contributed by atoms with Crippen LogP contribution < -0.4 is 4.90 Å². The van der Waals surface area contributed by atoms with Gasteiger partial charge in [0.1, 0.15) is 0 Å². The van der Waals surface area contributed by atoms with E-state index < -0.39 is 6.09 Å². The van der Waals surface area contributed by atoms with Crippen LogP contribution in [0.3, 0.4) is 0 Å². The maximum absolute atomic E-state index is 10.8. The minimum atomic E-state index is -0.825. The first-order chi connectivity index (χ1) is 8.59. The molecule has 0 radical (unpaired) electrons. The molecule has 2 rings (SSSR count). The van der Waals surface area contributed by atoms with Gasteiger partial charge in [0.25, 0.3) is 0 Å². The van der Waals surface area contributed by atoms with E-state index in [1.165, 1.54) is 4.90 Å². The average molecular weight is 269 g/mol. The third-order valence-electron chi connectivity index (χ3n) is 3.52. The molecule has 1 aliphatic rings. The first-order valence-electron chi connectivity index (χ1n) is 6.05. The Morgan fingerprint density at radius 1 is 1.39 bits per heavy atom. The number of carbonyl (C=O) groups is 1. The zero-order chi connectivity index (χ0) is 13.1. The van der Waals surface area contributed by atoms with Crippen LogP contribution in [-0.4, -0.2) is 42.3 Å². The lowest BCUT2D eigenvalue weighted by atomic mass is 10.0. The molecule has 0 bridgehead atoms. The Morgan fingerprint density at radius 2 is 2.00 bits per heavy atom. The van der Waals surface area contributed by atoms with E-state index in [1.807, 2.05) is 31.3 Å². The summed E-state index contributed by atoms with van der Waals surface area (Å²) < 4.78 is 0. The summed E-state index contributed by atoms with van der Waals surface area (Å²) in [5.41, 5.74) is 1.01. The summed E-state index contributed by atoms with van der Waals surface area (Å²) in [5, 5.41) is 9.65. The summed E-state index contributed by atoms with van der Waals surface area (Å²) >= 11 is 6.17. The molecule has 0 unspecified atom stereocenters. The van der Waals surface area contributed by atoms with E-state index >= 15 is 0 Å². The monoisotopic (exact) mass is 268 g/mol. The van der Waals surface area contributed by atoms with Crippen molar-refractivity contribution in [1.82, 2.24) is 4.90 Å². The predicted molar refractivity (Wildman–Crippen MR) is 72.5 cm³/mol. The van der Waals surface area contributed by atoms with Gasteiger partial charge in [-0.1, -0.05) is 23.7 Å². The molecule has 0 atom stereocenters. The smallest absolute Gasteiger partial charge is 0.407 e. The van der Waals surface area contributed by atoms with Gasteiger partial charge in [-0.25, -0.2) is 4.79 Å². The molecule has 0 aromatic heterocycles. The highest BCUT2D eigenvalue weighted by atomic mass is 35.5. The van der Waals surface area contributed by atoms with Crippen molar-refractivity contribution < 1.29 is 9.90 Å². The van der Waals surface area contributed by atoms with Crippen LogP contribution in [0, 0.1) is 0 Å². The van der Waals surface area contributed by atoms with E-state index in [-0.39, 0.29) is 0 Å². The molecule has 1 heterocycles. The molecule has 5 heteroatoms. The highest BCUT2D eigenvalue weighted by molar-refractivity contribution is 6.33. The van der Waals surface area contributed by atoms with Crippen LogP contribution in [0.2, 0.25) is 5.02 Å². The zero-order valence-corrected chi connectivity index (χ0v) is 11.1. The fraction of sp³-hybridized carbons (Fsp3) is 0.462. The lowest BCUT2D eigenvalue weighted by molar-refractivity contribution is 0.132. The minimum absolute atomic E-state index is 0.348. The van der Waals surface area contributed by atoms with Crippen molar-refractivity contribution >= 4 is 23.4 Å². The van der Waals surface area contributed by atoms with Gasteiger partial charge in [-0.15, -0.1) is 0 Å². The maximum Gasteiger partial charge on any atom is 0.407 e. The number of para-hydroxylation sites is 1. The molecule has 1 aromatic rings. The molecule has 98 valence electrons.